The third kappa shape index (κ3) is 4.10. The van der Waals surface area contributed by atoms with E-state index in [1.807, 2.05) is 0 Å². The molecule has 21 heavy (non-hydrogen) atoms. The molecule has 1 fully saturated rings. The number of hydrogen-bond acceptors (Lipinski definition) is 6. The van der Waals surface area contributed by atoms with Crippen molar-refractivity contribution in [2.45, 2.75) is 37.7 Å². The Bertz CT molecular complexity index is 485. The molecule has 2 rings (SSSR count). The number of carbonyl (C=O) groups is 1. The fourth-order valence-electron chi connectivity index (χ4n) is 2.11. The highest BCUT2D eigenvalue weighted by molar-refractivity contribution is 8.00. The molecule has 2 heterocycles. The SMILES string of the molecule is CC(C)Cn1c(S[C@H](C)C(N)=O)nnc1N1CCOCC1. The zero-order valence-electron chi connectivity index (χ0n) is 12.8. The van der Waals surface area contributed by atoms with Gasteiger partial charge in [-0.05, 0) is 12.8 Å². The lowest BCUT2D eigenvalue weighted by molar-refractivity contribution is -0.117. The molecule has 0 spiro atoms. The maximum absolute atomic E-state index is 11.3. The van der Waals surface area contributed by atoms with E-state index >= 15 is 0 Å². The molecule has 1 aliphatic rings. The average Bonchev–Trinajstić information content (AvgIpc) is 2.82. The molecule has 1 aromatic heterocycles. The van der Waals surface area contributed by atoms with E-state index in [2.05, 4.69) is 33.5 Å². The van der Waals surface area contributed by atoms with E-state index in [1.165, 1.54) is 11.8 Å². The summed E-state index contributed by atoms with van der Waals surface area (Å²) in [5, 5.41) is 8.99. The molecule has 2 N–H and O–H groups in total. The number of carbonyl (C=O) groups excluding carboxylic acids is 1. The van der Waals surface area contributed by atoms with Crippen molar-refractivity contribution >= 4 is 23.6 Å². The highest BCUT2D eigenvalue weighted by Gasteiger charge is 2.23. The second-order valence-corrected chi connectivity index (χ2v) is 6.86. The van der Waals surface area contributed by atoms with Gasteiger partial charge in [0.1, 0.15) is 0 Å². The number of aromatic nitrogens is 3. The van der Waals surface area contributed by atoms with Gasteiger partial charge in [0, 0.05) is 19.6 Å². The number of morpholine rings is 1. The second kappa shape index (κ2) is 7.13. The van der Waals surface area contributed by atoms with Gasteiger partial charge in [-0.25, -0.2) is 0 Å². The Morgan fingerprint density at radius 2 is 2.00 bits per heavy atom. The lowest BCUT2D eigenvalue weighted by Crippen LogP contribution is -2.38. The zero-order valence-corrected chi connectivity index (χ0v) is 13.6. The minimum absolute atomic E-state index is 0.322. The molecule has 0 radical (unpaired) electrons. The molecule has 0 bridgehead atoms. The number of nitrogens with zero attached hydrogens (tertiary/aromatic N) is 4. The average molecular weight is 313 g/mol. The molecule has 0 aromatic carbocycles. The Morgan fingerprint density at radius 1 is 1.33 bits per heavy atom. The minimum atomic E-state index is -0.341. The van der Waals surface area contributed by atoms with Crippen LogP contribution >= 0.6 is 11.8 Å². The molecule has 0 unspecified atom stereocenters. The molecular weight excluding hydrogens is 290 g/mol. The first-order chi connectivity index (χ1) is 9.99. The van der Waals surface area contributed by atoms with E-state index < -0.39 is 0 Å². The van der Waals surface area contributed by atoms with Crippen LogP contribution in [0.1, 0.15) is 20.8 Å². The normalized spacial score (nSPS) is 17.2. The lowest BCUT2D eigenvalue weighted by atomic mass is 10.2. The van der Waals surface area contributed by atoms with Crippen LogP contribution < -0.4 is 10.6 Å². The van der Waals surface area contributed by atoms with Gasteiger partial charge in [-0.1, -0.05) is 25.6 Å². The number of anilines is 1. The Labute approximate surface area is 129 Å². The fourth-order valence-corrected chi connectivity index (χ4v) is 2.91. The van der Waals surface area contributed by atoms with E-state index in [1.54, 1.807) is 6.92 Å². The first-order valence-corrected chi connectivity index (χ1v) is 8.09. The maximum atomic E-state index is 11.3. The van der Waals surface area contributed by atoms with Crippen molar-refractivity contribution in [3.63, 3.8) is 0 Å². The molecule has 1 amide bonds. The predicted molar refractivity (Wildman–Crippen MR) is 82.4 cm³/mol. The number of amides is 1. The Balaban J connectivity index is 2.23. The third-order valence-electron chi connectivity index (χ3n) is 3.22. The van der Waals surface area contributed by atoms with Crippen LogP contribution in [0.5, 0.6) is 0 Å². The number of nitrogens with two attached hydrogens (primary N) is 1. The standard InChI is InChI=1S/C13H23N5O2S/c1-9(2)8-18-12(17-4-6-20-7-5-17)15-16-13(18)21-10(3)11(14)19/h9-10H,4-8H2,1-3H3,(H2,14,19)/t10-/m1/s1. The van der Waals surface area contributed by atoms with Crippen molar-refractivity contribution < 1.29 is 9.53 Å². The second-order valence-electron chi connectivity index (χ2n) is 5.55. The Kier molecular flexibility index (Phi) is 5.46. The highest BCUT2D eigenvalue weighted by atomic mass is 32.2. The molecule has 1 saturated heterocycles. The van der Waals surface area contributed by atoms with Gasteiger partial charge < -0.3 is 15.4 Å². The maximum Gasteiger partial charge on any atom is 0.230 e. The van der Waals surface area contributed by atoms with Gasteiger partial charge in [0.25, 0.3) is 0 Å². The topological polar surface area (TPSA) is 86.3 Å². The molecule has 7 nitrogen and oxygen atoms in total. The molecule has 1 aromatic rings. The molecule has 0 aliphatic carbocycles. The highest BCUT2D eigenvalue weighted by Crippen LogP contribution is 2.26. The number of primary amides is 1. The lowest BCUT2D eigenvalue weighted by Gasteiger charge is -2.28. The molecule has 0 saturated carbocycles. The minimum Gasteiger partial charge on any atom is -0.378 e. The van der Waals surface area contributed by atoms with Crippen LogP contribution in [-0.2, 0) is 16.1 Å². The van der Waals surface area contributed by atoms with Crippen LogP contribution in [0.25, 0.3) is 0 Å². The van der Waals surface area contributed by atoms with E-state index in [-0.39, 0.29) is 11.2 Å². The van der Waals surface area contributed by atoms with Crippen molar-refractivity contribution in [1.29, 1.82) is 0 Å². The van der Waals surface area contributed by atoms with E-state index in [0.717, 1.165) is 30.7 Å². The van der Waals surface area contributed by atoms with Crippen molar-refractivity contribution in [3.8, 4) is 0 Å². The molecule has 118 valence electrons. The van der Waals surface area contributed by atoms with Crippen molar-refractivity contribution in [3.05, 3.63) is 0 Å². The zero-order chi connectivity index (χ0) is 15.4. The van der Waals surface area contributed by atoms with Gasteiger partial charge in [-0.15, -0.1) is 10.2 Å². The summed E-state index contributed by atoms with van der Waals surface area (Å²) in [5.41, 5.74) is 5.34. The molecule has 1 aliphatic heterocycles. The van der Waals surface area contributed by atoms with Crippen LogP contribution in [0.15, 0.2) is 5.16 Å². The van der Waals surface area contributed by atoms with Crippen LogP contribution in [0.4, 0.5) is 5.95 Å². The largest absolute Gasteiger partial charge is 0.378 e. The van der Waals surface area contributed by atoms with Crippen molar-refractivity contribution in [1.82, 2.24) is 14.8 Å². The van der Waals surface area contributed by atoms with Crippen LogP contribution in [0, 0.1) is 5.92 Å². The van der Waals surface area contributed by atoms with Crippen molar-refractivity contribution in [2.24, 2.45) is 11.7 Å². The van der Waals surface area contributed by atoms with Gasteiger partial charge in [-0.2, -0.15) is 0 Å². The van der Waals surface area contributed by atoms with Gasteiger partial charge in [0.2, 0.25) is 11.9 Å². The number of rotatable bonds is 6. The van der Waals surface area contributed by atoms with E-state index in [0.29, 0.717) is 19.1 Å². The summed E-state index contributed by atoms with van der Waals surface area (Å²) in [5.74, 6) is 0.974. The fraction of sp³-hybridized carbons (Fsp3) is 0.769. The Hall–Kier alpha value is -1.28. The van der Waals surface area contributed by atoms with Crippen LogP contribution in [0.3, 0.4) is 0 Å². The summed E-state index contributed by atoms with van der Waals surface area (Å²) in [6.07, 6.45) is 0. The predicted octanol–water partition coefficient (Wildman–Crippen LogP) is 0.737. The molecule has 1 atom stereocenters. The first-order valence-electron chi connectivity index (χ1n) is 7.21. The summed E-state index contributed by atoms with van der Waals surface area (Å²) in [4.78, 5) is 13.4. The summed E-state index contributed by atoms with van der Waals surface area (Å²) in [6, 6.07) is 0. The summed E-state index contributed by atoms with van der Waals surface area (Å²) in [7, 11) is 0. The van der Waals surface area contributed by atoms with E-state index in [4.69, 9.17) is 10.5 Å². The molecule has 8 heteroatoms. The van der Waals surface area contributed by atoms with Gasteiger partial charge in [-0.3, -0.25) is 9.36 Å². The van der Waals surface area contributed by atoms with Crippen molar-refractivity contribution in [2.75, 3.05) is 31.2 Å². The Morgan fingerprint density at radius 3 is 2.57 bits per heavy atom. The van der Waals surface area contributed by atoms with Gasteiger partial charge in [0.15, 0.2) is 5.16 Å². The smallest absolute Gasteiger partial charge is 0.230 e. The monoisotopic (exact) mass is 313 g/mol. The summed E-state index contributed by atoms with van der Waals surface area (Å²) < 4.78 is 7.46. The quantitative estimate of drug-likeness (QED) is 0.780. The van der Waals surface area contributed by atoms with Crippen LogP contribution in [-0.4, -0.2) is 52.2 Å². The first kappa shape index (κ1) is 16.1. The third-order valence-corrected chi connectivity index (χ3v) is 4.32. The number of hydrogen-bond donors (Lipinski definition) is 1. The number of thioether (sulfide) groups is 1. The van der Waals surface area contributed by atoms with Crippen LogP contribution in [0.2, 0.25) is 0 Å². The van der Waals surface area contributed by atoms with Gasteiger partial charge in [0.05, 0.1) is 18.5 Å². The van der Waals surface area contributed by atoms with Gasteiger partial charge >= 0.3 is 0 Å². The van der Waals surface area contributed by atoms with E-state index in [9.17, 15) is 4.79 Å². The summed E-state index contributed by atoms with van der Waals surface area (Å²) >= 11 is 1.36. The molecular formula is C13H23N5O2S. The number of ether oxygens (including phenoxy) is 1. The summed E-state index contributed by atoms with van der Waals surface area (Å²) in [6.45, 7) is 9.93.